The SMILES string of the molecule is CCn1ncc2c(NC3CCOCC3)c(C(=O)NCc3ccc(Cl)cc3Cl)cnc21. The number of benzene rings is 1. The van der Waals surface area contributed by atoms with Crippen LogP contribution < -0.4 is 10.6 Å². The first kappa shape index (κ1) is 20.9. The quantitative estimate of drug-likeness (QED) is 0.589. The second-order valence-corrected chi connectivity index (χ2v) is 8.04. The fourth-order valence-corrected chi connectivity index (χ4v) is 4.04. The second-order valence-electron chi connectivity index (χ2n) is 7.19. The van der Waals surface area contributed by atoms with Gasteiger partial charge in [0.2, 0.25) is 0 Å². The number of ether oxygens (including phenoxy) is 1. The minimum Gasteiger partial charge on any atom is -0.381 e. The number of fused-ring (bicyclic) bond motifs is 1. The minimum absolute atomic E-state index is 0.228. The predicted molar refractivity (Wildman–Crippen MR) is 118 cm³/mol. The summed E-state index contributed by atoms with van der Waals surface area (Å²) in [6.45, 7) is 4.41. The molecule has 0 atom stereocenters. The molecular formula is C21H23Cl2N5O2. The Hall–Kier alpha value is -2.35. The van der Waals surface area contributed by atoms with Crippen LogP contribution in [0.15, 0.2) is 30.6 Å². The molecule has 3 aromatic rings. The van der Waals surface area contributed by atoms with Crippen LogP contribution in [0.2, 0.25) is 10.0 Å². The third-order valence-corrected chi connectivity index (χ3v) is 5.82. The monoisotopic (exact) mass is 447 g/mol. The molecule has 0 bridgehead atoms. The van der Waals surface area contributed by atoms with E-state index < -0.39 is 0 Å². The summed E-state index contributed by atoms with van der Waals surface area (Å²) in [5, 5.41) is 12.8. The third-order valence-electron chi connectivity index (χ3n) is 5.23. The van der Waals surface area contributed by atoms with E-state index in [0.29, 0.717) is 35.4 Å². The van der Waals surface area contributed by atoms with Crippen molar-refractivity contribution in [1.29, 1.82) is 0 Å². The van der Waals surface area contributed by atoms with Gasteiger partial charge in [-0.2, -0.15) is 5.10 Å². The van der Waals surface area contributed by atoms with Gasteiger partial charge in [0.25, 0.3) is 5.91 Å². The summed E-state index contributed by atoms with van der Waals surface area (Å²) in [6.07, 6.45) is 5.14. The van der Waals surface area contributed by atoms with E-state index in [0.717, 1.165) is 35.1 Å². The largest absolute Gasteiger partial charge is 0.381 e. The molecule has 158 valence electrons. The van der Waals surface area contributed by atoms with Crippen molar-refractivity contribution in [2.75, 3.05) is 18.5 Å². The van der Waals surface area contributed by atoms with Gasteiger partial charge in [0, 0.05) is 48.6 Å². The maximum Gasteiger partial charge on any atom is 0.255 e. The summed E-state index contributed by atoms with van der Waals surface area (Å²) in [4.78, 5) is 17.6. The molecule has 0 saturated carbocycles. The lowest BCUT2D eigenvalue weighted by Gasteiger charge is -2.25. The highest BCUT2D eigenvalue weighted by molar-refractivity contribution is 6.35. The average molecular weight is 448 g/mol. The summed E-state index contributed by atoms with van der Waals surface area (Å²) in [6, 6.07) is 5.44. The van der Waals surface area contributed by atoms with E-state index in [2.05, 4.69) is 20.7 Å². The van der Waals surface area contributed by atoms with Crippen LogP contribution in [0.5, 0.6) is 0 Å². The molecule has 1 fully saturated rings. The van der Waals surface area contributed by atoms with Crippen LogP contribution in [0.3, 0.4) is 0 Å². The molecule has 0 unspecified atom stereocenters. The number of rotatable bonds is 6. The molecule has 7 nitrogen and oxygen atoms in total. The van der Waals surface area contributed by atoms with Crippen LogP contribution in [0.4, 0.5) is 5.69 Å². The molecule has 0 spiro atoms. The number of carbonyl (C=O) groups excluding carboxylic acids is 1. The van der Waals surface area contributed by atoms with E-state index in [1.807, 2.05) is 11.6 Å². The Kier molecular flexibility index (Phi) is 6.41. The number of amides is 1. The Morgan fingerprint density at radius 2 is 2.07 bits per heavy atom. The van der Waals surface area contributed by atoms with Gasteiger partial charge in [0.05, 0.1) is 22.8 Å². The van der Waals surface area contributed by atoms with Gasteiger partial charge < -0.3 is 15.4 Å². The van der Waals surface area contributed by atoms with Gasteiger partial charge in [-0.25, -0.2) is 9.67 Å². The van der Waals surface area contributed by atoms with E-state index in [1.54, 1.807) is 30.6 Å². The Morgan fingerprint density at radius 3 is 2.80 bits per heavy atom. The molecule has 1 saturated heterocycles. The van der Waals surface area contributed by atoms with E-state index in [4.69, 9.17) is 27.9 Å². The third kappa shape index (κ3) is 4.38. The molecule has 30 heavy (non-hydrogen) atoms. The molecule has 0 radical (unpaired) electrons. The fourth-order valence-electron chi connectivity index (χ4n) is 3.57. The van der Waals surface area contributed by atoms with Crippen LogP contribution in [0, 0.1) is 0 Å². The van der Waals surface area contributed by atoms with Crippen molar-refractivity contribution in [3.05, 3.63) is 51.8 Å². The second kappa shape index (κ2) is 9.20. The molecule has 0 aliphatic carbocycles. The average Bonchev–Trinajstić information content (AvgIpc) is 3.17. The maximum atomic E-state index is 13.1. The van der Waals surface area contributed by atoms with E-state index in [-0.39, 0.29) is 18.5 Å². The van der Waals surface area contributed by atoms with Crippen molar-refractivity contribution in [2.24, 2.45) is 0 Å². The smallest absolute Gasteiger partial charge is 0.255 e. The molecule has 2 aromatic heterocycles. The van der Waals surface area contributed by atoms with Crippen molar-refractivity contribution < 1.29 is 9.53 Å². The zero-order valence-corrected chi connectivity index (χ0v) is 18.1. The molecule has 1 aromatic carbocycles. The van der Waals surface area contributed by atoms with Gasteiger partial charge in [-0.15, -0.1) is 0 Å². The number of aromatic nitrogens is 3. The lowest BCUT2D eigenvalue weighted by Crippen LogP contribution is -2.30. The molecule has 1 amide bonds. The Labute approximate surface area is 184 Å². The van der Waals surface area contributed by atoms with Gasteiger partial charge in [-0.05, 0) is 37.5 Å². The Morgan fingerprint density at radius 1 is 1.27 bits per heavy atom. The lowest BCUT2D eigenvalue weighted by molar-refractivity contribution is 0.0904. The number of carbonyl (C=O) groups is 1. The van der Waals surface area contributed by atoms with Gasteiger partial charge >= 0.3 is 0 Å². The van der Waals surface area contributed by atoms with Crippen molar-refractivity contribution >= 4 is 45.8 Å². The van der Waals surface area contributed by atoms with Crippen LogP contribution >= 0.6 is 23.2 Å². The van der Waals surface area contributed by atoms with E-state index in [1.165, 1.54) is 0 Å². The summed E-state index contributed by atoms with van der Waals surface area (Å²) < 4.78 is 7.28. The number of aryl methyl sites for hydroxylation is 1. The topological polar surface area (TPSA) is 81.1 Å². The predicted octanol–water partition coefficient (Wildman–Crippen LogP) is 4.28. The van der Waals surface area contributed by atoms with E-state index in [9.17, 15) is 4.79 Å². The summed E-state index contributed by atoms with van der Waals surface area (Å²) >= 11 is 12.2. The lowest BCUT2D eigenvalue weighted by atomic mass is 10.1. The zero-order valence-electron chi connectivity index (χ0n) is 16.6. The number of pyridine rings is 1. The highest BCUT2D eigenvalue weighted by Gasteiger charge is 2.22. The van der Waals surface area contributed by atoms with Gasteiger partial charge in [-0.3, -0.25) is 4.79 Å². The zero-order chi connectivity index (χ0) is 21.1. The van der Waals surface area contributed by atoms with Crippen molar-refractivity contribution in [2.45, 2.75) is 38.9 Å². The molecule has 1 aliphatic heterocycles. The first-order valence-electron chi connectivity index (χ1n) is 9.97. The first-order chi connectivity index (χ1) is 14.6. The molecule has 1 aliphatic rings. The van der Waals surface area contributed by atoms with Crippen LogP contribution in [0.1, 0.15) is 35.7 Å². The Balaban J connectivity index is 1.62. The van der Waals surface area contributed by atoms with Crippen LogP contribution in [-0.2, 0) is 17.8 Å². The van der Waals surface area contributed by atoms with Crippen LogP contribution in [0.25, 0.3) is 11.0 Å². The van der Waals surface area contributed by atoms with Gasteiger partial charge in [-0.1, -0.05) is 29.3 Å². The maximum absolute atomic E-state index is 13.1. The first-order valence-corrected chi connectivity index (χ1v) is 10.7. The molecule has 9 heteroatoms. The number of halogens is 2. The van der Waals surface area contributed by atoms with Crippen molar-refractivity contribution in [3.63, 3.8) is 0 Å². The standard InChI is InChI=1S/C21H23Cl2N5O2/c1-2-28-20-16(12-26-28)19(27-15-5-7-30-8-6-15)17(11-24-20)21(29)25-10-13-3-4-14(22)9-18(13)23/h3-4,9,11-12,15H,2,5-8,10H2,1H3,(H,24,27)(H,25,29). The molecule has 3 heterocycles. The van der Waals surface area contributed by atoms with Gasteiger partial charge in [0.15, 0.2) is 5.65 Å². The summed E-state index contributed by atoms with van der Waals surface area (Å²) in [7, 11) is 0. The fraction of sp³-hybridized carbons (Fsp3) is 0.381. The summed E-state index contributed by atoms with van der Waals surface area (Å²) in [5.41, 5.74) is 2.78. The molecule has 4 rings (SSSR count). The van der Waals surface area contributed by atoms with Crippen molar-refractivity contribution in [3.8, 4) is 0 Å². The van der Waals surface area contributed by atoms with Crippen molar-refractivity contribution in [1.82, 2.24) is 20.1 Å². The number of nitrogens with one attached hydrogen (secondary N) is 2. The number of nitrogens with zero attached hydrogens (tertiary/aromatic N) is 3. The minimum atomic E-state index is -0.228. The number of anilines is 1. The van der Waals surface area contributed by atoms with E-state index >= 15 is 0 Å². The highest BCUT2D eigenvalue weighted by Crippen LogP contribution is 2.28. The van der Waals surface area contributed by atoms with Gasteiger partial charge in [0.1, 0.15) is 0 Å². The number of hydrogen-bond acceptors (Lipinski definition) is 5. The van der Waals surface area contributed by atoms with Crippen LogP contribution in [-0.4, -0.2) is 39.9 Å². The Bertz CT molecular complexity index is 1060. The summed E-state index contributed by atoms with van der Waals surface area (Å²) in [5.74, 6) is -0.228. The molecule has 2 N–H and O–H groups in total. The normalized spacial score (nSPS) is 14.8. The molecular weight excluding hydrogens is 425 g/mol. The highest BCUT2D eigenvalue weighted by atomic mass is 35.5. The number of hydrogen-bond donors (Lipinski definition) is 2.